The van der Waals surface area contributed by atoms with Gasteiger partial charge in [0.1, 0.15) is 15.8 Å². The van der Waals surface area contributed by atoms with Crippen LogP contribution in [0.1, 0.15) is 0 Å². The average molecular weight is 268 g/mol. The van der Waals surface area contributed by atoms with Crippen LogP contribution in [0, 0.1) is 0 Å². The van der Waals surface area contributed by atoms with E-state index in [1.165, 1.54) is 0 Å². The maximum atomic E-state index is 12.2. The normalized spacial score (nSPS) is 16.6. The Morgan fingerprint density at radius 2 is 2.06 bits per heavy atom. The van der Waals surface area contributed by atoms with Crippen LogP contribution in [0.5, 0.6) is 0 Å². The molecule has 2 aromatic rings. The fourth-order valence-electron chi connectivity index (χ4n) is 1.69. The third kappa shape index (κ3) is 1.28. The summed E-state index contributed by atoms with van der Waals surface area (Å²) in [5.41, 5.74) is 5.60. The molecule has 1 atom stereocenters. The van der Waals surface area contributed by atoms with Crippen molar-refractivity contribution in [2.75, 3.05) is 5.73 Å². The van der Waals surface area contributed by atoms with Gasteiger partial charge in [0, 0.05) is 0 Å². The summed E-state index contributed by atoms with van der Waals surface area (Å²) in [5, 5.41) is 3.95. The lowest BCUT2D eigenvalue weighted by Gasteiger charge is -2.18. The quantitative estimate of drug-likeness (QED) is 0.658. The Bertz CT molecular complexity index is 726. The van der Waals surface area contributed by atoms with E-state index in [1.807, 2.05) is 0 Å². The van der Waals surface area contributed by atoms with Crippen molar-refractivity contribution in [2.45, 2.75) is 9.92 Å². The summed E-state index contributed by atoms with van der Waals surface area (Å²) in [6, 6.07) is 6.81. The van der Waals surface area contributed by atoms with Crippen LogP contribution in [0.2, 0.25) is 5.02 Å². The van der Waals surface area contributed by atoms with E-state index >= 15 is 0 Å². The van der Waals surface area contributed by atoms with E-state index in [-0.39, 0.29) is 15.7 Å². The molecule has 7 heteroatoms. The molecular formula is C10H6ClN3O2S. The SMILES string of the molecule is Nc1c2nn(c(=O)c1Cl)-c1ccccc1S2=O. The number of nitrogens with two attached hydrogens (primary N) is 1. The highest BCUT2D eigenvalue weighted by molar-refractivity contribution is 7.85. The van der Waals surface area contributed by atoms with E-state index in [2.05, 4.69) is 5.10 Å². The Balaban J connectivity index is 2.53. The van der Waals surface area contributed by atoms with Crippen LogP contribution in [0.3, 0.4) is 0 Å². The van der Waals surface area contributed by atoms with Crippen molar-refractivity contribution in [3.63, 3.8) is 0 Å². The summed E-state index contributed by atoms with van der Waals surface area (Å²) in [7, 11) is -1.50. The van der Waals surface area contributed by atoms with E-state index in [1.54, 1.807) is 24.3 Å². The predicted molar refractivity (Wildman–Crippen MR) is 63.9 cm³/mol. The highest BCUT2D eigenvalue weighted by Crippen LogP contribution is 2.31. The van der Waals surface area contributed by atoms with Crippen molar-refractivity contribution >= 4 is 28.1 Å². The molecule has 2 bridgehead atoms. The second-order valence-electron chi connectivity index (χ2n) is 3.49. The second-order valence-corrected chi connectivity index (χ2v) is 5.23. The molecule has 0 amide bonds. The topological polar surface area (TPSA) is 78.0 Å². The van der Waals surface area contributed by atoms with E-state index in [0.717, 1.165) is 4.68 Å². The summed E-state index contributed by atoms with van der Waals surface area (Å²) in [5.74, 6) is 0. The first kappa shape index (κ1) is 10.5. The molecule has 2 heterocycles. The standard InChI is InChI=1S/C10H6ClN3O2S/c11-7-8(12)9-13-14(10(7)15)5-3-1-2-4-6(5)17(9)16/h1-4H,12H2. The summed E-state index contributed by atoms with van der Waals surface area (Å²) in [4.78, 5) is 12.4. The van der Waals surface area contributed by atoms with Gasteiger partial charge in [-0.3, -0.25) is 4.79 Å². The van der Waals surface area contributed by atoms with Crippen molar-refractivity contribution in [2.24, 2.45) is 0 Å². The van der Waals surface area contributed by atoms with E-state index < -0.39 is 16.4 Å². The monoisotopic (exact) mass is 267 g/mol. The number of anilines is 1. The van der Waals surface area contributed by atoms with Gasteiger partial charge in [-0.25, -0.2) is 4.21 Å². The van der Waals surface area contributed by atoms with Crippen LogP contribution in [0.25, 0.3) is 5.69 Å². The number of halogens is 1. The van der Waals surface area contributed by atoms with Gasteiger partial charge in [-0.15, -0.1) is 0 Å². The number of benzene rings is 1. The number of fused-ring (bicyclic) bond motifs is 4. The third-order valence-electron chi connectivity index (χ3n) is 2.51. The summed E-state index contributed by atoms with van der Waals surface area (Å²) in [6.07, 6.45) is 0. The molecule has 0 saturated heterocycles. The lowest BCUT2D eigenvalue weighted by Crippen LogP contribution is -2.29. The fourth-order valence-corrected chi connectivity index (χ4v) is 3.12. The zero-order valence-electron chi connectivity index (χ0n) is 8.38. The smallest absolute Gasteiger partial charge is 0.292 e. The molecular weight excluding hydrogens is 262 g/mol. The number of nitrogens with zero attached hydrogens (tertiary/aromatic N) is 2. The molecule has 86 valence electrons. The minimum absolute atomic E-state index is 0.0132. The zero-order chi connectivity index (χ0) is 12.2. The molecule has 0 fully saturated rings. The van der Waals surface area contributed by atoms with Gasteiger partial charge in [-0.1, -0.05) is 23.7 Å². The van der Waals surface area contributed by atoms with Gasteiger partial charge in [0.05, 0.1) is 16.3 Å². The van der Waals surface area contributed by atoms with Crippen LogP contribution in [-0.4, -0.2) is 14.0 Å². The maximum Gasteiger partial charge on any atom is 0.292 e. The Kier molecular flexibility index (Phi) is 2.11. The van der Waals surface area contributed by atoms with Crippen molar-refractivity contribution in [1.29, 1.82) is 0 Å². The number of para-hydroxylation sites is 1. The summed E-state index contributed by atoms with van der Waals surface area (Å²) < 4.78 is 13.3. The van der Waals surface area contributed by atoms with Crippen molar-refractivity contribution in [3.05, 3.63) is 39.6 Å². The molecule has 5 nitrogen and oxygen atoms in total. The Labute approximate surface area is 103 Å². The molecule has 1 aliphatic heterocycles. The van der Waals surface area contributed by atoms with E-state index in [4.69, 9.17) is 17.3 Å². The second kappa shape index (κ2) is 3.41. The Morgan fingerprint density at radius 1 is 1.35 bits per heavy atom. The van der Waals surface area contributed by atoms with Gasteiger partial charge in [0.15, 0.2) is 5.03 Å². The number of nitrogen functional groups attached to an aromatic ring is 1. The highest BCUT2D eigenvalue weighted by Gasteiger charge is 2.27. The van der Waals surface area contributed by atoms with E-state index in [9.17, 15) is 9.00 Å². The first-order chi connectivity index (χ1) is 8.11. The van der Waals surface area contributed by atoms with Crippen molar-refractivity contribution < 1.29 is 4.21 Å². The van der Waals surface area contributed by atoms with Crippen LogP contribution >= 0.6 is 11.6 Å². The van der Waals surface area contributed by atoms with Gasteiger partial charge < -0.3 is 5.73 Å². The van der Waals surface area contributed by atoms with Gasteiger partial charge in [0.25, 0.3) is 5.56 Å². The van der Waals surface area contributed by atoms with Crippen LogP contribution < -0.4 is 11.3 Å². The Hall–Kier alpha value is -1.66. The van der Waals surface area contributed by atoms with Crippen LogP contribution in [0.15, 0.2) is 39.0 Å². The lowest BCUT2D eigenvalue weighted by atomic mass is 10.3. The summed E-state index contributed by atoms with van der Waals surface area (Å²) in [6.45, 7) is 0. The maximum absolute atomic E-state index is 12.2. The molecule has 0 radical (unpaired) electrons. The molecule has 2 N–H and O–H groups in total. The largest absolute Gasteiger partial charge is 0.395 e. The molecule has 0 spiro atoms. The number of hydrogen-bond donors (Lipinski definition) is 1. The average Bonchev–Trinajstić information content (AvgIpc) is 2.36. The van der Waals surface area contributed by atoms with Crippen LogP contribution in [-0.2, 0) is 10.8 Å². The number of rotatable bonds is 0. The van der Waals surface area contributed by atoms with Gasteiger partial charge in [-0.2, -0.15) is 9.78 Å². The molecule has 1 aromatic heterocycles. The minimum atomic E-state index is -1.50. The zero-order valence-corrected chi connectivity index (χ0v) is 9.96. The van der Waals surface area contributed by atoms with E-state index in [0.29, 0.717) is 10.6 Å². The highest BCUT2D eigenvalue weighted by atomic mass is 35.5. The van der Waals surface area contributed by atoms with Crippen molar-refractivity contribution in [3.8, 4) is 5.69 Å². The minimum Gasteiger partial charge on any atom is -0.395 e. The first-order valence-electron chi connectivity index (χ1n) is 4.70. The molecule has 0 saturated carbocycles. The number of aromatic nitrogens is 2. The fraction of sp³-hybridized carbons (Fsp3) is 0. The summed E-state index contributed by atoms with van der Waals surface area (Å²) >= 11 is 5.80. The molecule has 17 heavy (non-hydrogen) atoms. The molecule has 1 unspecified atom stereocenters. The third-order valence-corrected chi connectivity index (χ3v) is 4.27. The van der Waals surface area contributed by atoms with Crippen molar-refractivity contribution in [1.82, 2.24) is 9.78 Å². The molecule has 0 aliphatic carbocycles. The lowest BCUT2D eigenvalue weighted by molar-refractivity contribution is 0.657. The number of hydrogen-bond acceptors (Lipinski definition) is 4. The molecule has 1 aromatic carbocycles. The first-order valence-corrected chi connectivity index (χ1v) is 6.23. The molecule has 1 aliphatic rings. The van der Waals surface area contributed by atoms with Crippen LogP contribution in [0.4, 0.5) is 5.69 Å². The predicted octanol–water partition coefficient (Wildman–Crippen LogP) is 0.948. The van der Waals surface area contributed by atoms with Gasteiger partial charge >= 0.3 is 0 Å². The molecule has 3 rings (SSSR count). The van der Waals surface area contributed by atoms with Gasteiger partial charge in [-0.05, 0) is 12.1 Å². The van der Waals surface area contributed by atoms with Gasteiger partial charge in [0.2, 0.25) is 0 Å². The Morgan fingerprint density at radius 3 is 2.82 bits per heavy atom.